The molecule has 1 aromatic rings. The lowest BCUT2D eigenvalue weighted by molar-refractivity contribution is -0.188. The molecule has 0 radical (unpaired) electrons. The second-order valence-corrected chi connectivity index (χ2v) is 9.13. The van der Waals surface area contributed by atoms with Gasteiger partial charge in [-0.25, -0.2) is 8.42 Å². The number of aliphatic hydroxyl groups is 1. The van der Waals surface area contributed by atoms with Gasteiger partial charge < -0.3 is 10.0 Å². The first-order valence-corrected chi connectivity index (χ1v) is 10.7. The highest BCUT2D eigenvalue weighted by atomic mass is 32.2. The van der Waals surface area contributed by atoms with Crippen LogP contribution in [0, 0.1) is 0 Å². The average molecular weight is 378 g/mol. The molecule has 2 fully saturated rings. The van der Waals surface area contributed by atoms with E-state index in [9.17, 15) is 18.3 Å². The lowest BCUT2D eigenvalue weighted by Gasteiger charge is -2.70. The molecular formula is C19H26N2O4S. The summed E-state index contributed by atoms with van der Waals surface area (Å²) in [5.41, 5.74) is 1.56. The van der Waals surface area contributed by atoms with Crippen LogP contribution in [-0.4, -0.2) is 66.2 Å². The third-order valence-corrected chi connectivity index (χ3v) is 6.75. The number of allylic oxidation sites excluding steroid dienone is 1. The summed E-state index contributed by atoms with van der Waals surface area (Å²) < 4.78 is 25.1. The summed E-state index contributed by atoms with van der Waals surface area (Å²) in [6.45, 7) is 4.19. The largest absolute Gasteiger partial charge is 0.394 e. The number of rotatable bonds is 5. The molecule has 0 bridgehead atoms. The number of likely N-dealkylation sites (tertiary alicyclic amines) is 1. The standard InChI is InChI=1S/C19H26N2O4S/c1-4-6-14-7-9-15(10-8-14)18-16(11-22)21(17(23)5-2)19(18)12-20(13-19)26(3,24)25/h4,6-10,16,18,22H,5,11-13H2,1-3H3/b6-4+/t16-,18-/m1/s1. The first-order chi connectivity index (χ1) is 12.3. The Bertz CT molecular complexity index is 810. The highest BCUT2D eigenvalue weighted by Gasteiger charge is 2.68. The molecule has 26 heavy (non-hydrogen) atoms. The summed E-state index contributed by atoms with van der Waals surface area (Å²) in [7, 11) is -3.29. The Hall–Kier alpha value is -1.70. The van der Waals surface area contributed by atoms with Gasteiger partial charge in [0.25, 0.3) is 0 Å². The smallest absolute Gasteiger partial charge is 0.223 e. The van der Waals surface area contributed by atoms with Gasteiger partial charge in [-0.05, 0) is 18.1 Å². The molecule has 6 nitrogen and oxygen atoms in total. The molecule has 2 aliphatic heterocycles. The maximum absolute atomic E-state index is 12.5. The van der Waals surface area contributed by atoms with Crippen molar-refractivity contribution in [3.63, 3.8) is 0 Å². The van der Waals surface area contributed by atoms with E-state index in [0.717, 1.165) is 11.1 Å². The molecule has 0 aromatic heterocycles. The first-order valence-electron chi connectivity index (χ1n) is 8.89. The fourth-order valence-corrected chi connectivity index (χ4v) is 5.30. The van der Waals surface area contributed by atoms with Crippen LogP contribution >= 0.6 is 0 Å². The Morgan fingerprint density at radius 3 is 2.38 bits per heavy atom. The normalized spacial score (nSPS) is 25.3. The molecule has 0 saturated carbocycles. The quantitative estimate of drug-likeness (QED) is 0.841. The molecule has 0 aliphatic carbocycles. The Labute approximate surface area is 155 Å². The second-order valence-electron chi connectivity index (χ2n) is 7.15. The van der Waals surface area contributed by atoms with Gasteiger partial charge in [0.05, 0.1) is 24.4 Å². The van der Waals surface area contributed by atoms with Gasteiger partial charge in [-0.15, -0.1) is 0 Å². The van der Waals surface area contributed by atoms with Crippen molar-refractivity contribution in [1.82, 2.24) is 9.21 Å². The molecule has 1 spiro atoms. The molecule has 2 aliphatic rings. The number of sulfonamides is 1. The lowest BCUT2D eigenvalue weighted by Crippen LogP contribution is -2.85. The molecular weight excluding hydrogens is 352 g/mol. The Morgan fingerprint density at radius 1 is 1.31 bits per heavy atom. The predicted molar refractivity (Wildman–Crippen MR) is 101 cm³/mol. The first kappa shape index (κ1) is 19.1. The zero-order valence-electron chi connectivity index (χ0n) is 15.4. The van der Waals surface area contributed by atoms with E-state index < -0.39 is 15.6 Å². The minimum Gasteiger partial charge on any atom is -0.394 e. The van der Waals surface area contributed by atoms with Crippen molar-refractivity contribution >= 4 is 22.0 Å². The number of aliphatic hydroxyl groups excluding tert-OH is 1. The summed E-state index contributed by atoms with van der Waals surface area (Å²) in [4.78, 5) is 14.2. The Balaban J connectivity index is 1.95. The Morgan fingerprint density at radius 2 is 1.92 bits per heavy atom. The van der Waals surface area contributed by atoms with Gasteiger partial charge in [-0.1, -0.05) is 43.3 Å². The van der Waals surface area contributed by atoms with E-state index in [0.29, 0.717) is 6.42 Å². The van der Waals surface area contributed by atoms with Crippen molar-refractivity contribution in [1.29, 1.82) is 0 Å². The molecule has 3 rings (SSSR count). The van der Waals surface area contributed by atoms with E-state index in [4.69, 9.17) is 0 Å². The van der Waals surface area contributed by atoms with Crippen LogP contribution in [0.1, 0.15) is 37.3 Å². The van der Waals surface area contributed by atoms with Gasteiger partial charge in [0, 0.05) is 25.4 Å². The molecule has 1 aromatic carbocycles. The van der Waals surface area contributed by atoms with Crippen molar-refractivity contribution < 1.29 is 18.3 Å². The average Bonchev–Trinajstić information content (AvgIpc) is 2.53. The van der Waals surface area contributed by atoms with Crippen LogP contribution in [0.5, 0.6) is 0 Å². The van der Waals surface area contributed by atoms with Crippen LogP contribution in [0.4, 0.5) is 0 Å². The summed E-state index contributed by atoms with van der Waals surface area (Å²) >= 11 is 0. The molecule has 2 heterocycles. The molecule has 1 N–H and O–H groups in total. The fourth-order valence-electron chi connectivity index (χ4n) is 4.38. The highest BCUT2D eigenvalue weighted by molar-refractivity contribution is 7.88. The van der Waals surface area contributed by atoms with E-state index >= 15 is 0 Å². The zero-order chi connectivity index (χ0) is 19.1. The minimum atomic E-state index is -3.29. The number of hydrogen-bond acceptors (Lipinski definition) is 4. The second kappa shape index (κ2) is 6.79. The Kier molecular flexibility index (Phi) is 4.98. The van der Waals surface area contributed by atoms with E-state index in [1.807, 2.05) is 43.3 Å². The number of hydrogen-bond donors (Lipinski definition) is 1. The van der Waals surface area contributed by atoms with Gasteiger partial charge in [0.15, 0.2) is 0 Å². The van der Waals surface area contributed by atoms with Crippen LogP contribution in [-0.2, 0) is 14.8 Å². The third-order valence-electron chi connectivity index (χ3n) is 5.56. The maximum atomic E-state index is 12.5. The predicted octanol–water partition coefficient (Wildman–Crippen LogP) is 1.43. The van der Waals surface area contributed by atoms with Crippen molar-refractivity contribution in [3.8, 4) is 0 Å². The number of nitrogens with zero attached hydrogens (tertiary/aromatic N) is 2. The SMILES string of the molecule is C/C=C/c1ccc([C@@H]2[C@@H](CO)N(C(=O)CC)C23CN(S(C)(=O)=O)C3)cc1. The van der Waals surface area contributed by atoms with Crippen molar-refractivity contribution in [2.24, 2.45) is 0 Å². The molecule has 1 amide bonds. The van der Waals surface area contributed by atoms with Gasteiger partial charge in [-0.3, -0.25) is 4.79 Å². The van der Waals surface area contributed by atoms with Gasteiger partial charge in [-0.2, -0.15) is 4.31 Å². The highest BCUT2D eigenvalue weighted by Crippen LogP contribution is 2.54. The van der Waals surface area contributed by atoms with E-state index in [1.54, 1.807) is 11.8 Å². The van der Waals surface area contributed by atoms with Crippen molar-refractivity contribution in [2.45, 2.75) is 37.8 Å². The number of benzene rings is 1. The molecule has 0 unspecified atom stereocenters. The van der Waals surface area contributed by atoms with E-state index in [-0.39, 0.29) is 37.6 Å². The molecule has 142 valence electrons. The topological polar surface area (TPSA) is 77.9 Å². The fraction of sp³-hybridized carbons (Fsp3) is 0.526. The maximum Gasteiger partial charge on any atom is 0.223 e. The summed E-state index contributed by atoms with van der Waals surface area (Å²) in [5, 5.41) is 9.91. The van der Waals surface area contributed by atoms with Gasteiger partial charge in [0.2, 0.25) is 15.9 Å². The third kappa shape index (κ3) is 2.88. The monoisotopic (exact) mass is 378 g/mol. The molecule has 2 atom stereocenters. The minimum absolute atomic E-state index is 0.0426. The number of carbonyl (C=O) groups excluding carboxylic acids is 1. The van der Waals surface area contributed by atoms with Crippen molar-refractivity contribution in [3.05, 3.63) is 41.5 Å². The van der Waals surface area contributed by atoms with Crippen LogP contribution in [0.15, 0.2) is 30.3 Å². The summed E-state index contributed by atoms with van der Waals surface area (Å²) in [6.07, 6.45) is 5.50. The lowest BCUT2D eigenvalue weighted by atomic mass is 9.61. The number of carbonyl (C=O) groups is 1. The van der Waals surface area contributed by atoms with Crippen molar-refractivity contribution in [2.75, 3.05) is 26.0 Å². The number of amides is 1. The summed E-state index contributed by atoms with van der Waals surface area (Å²) in [5.74, 6) is -0.111. The molecule has 2 saturated heterocycles. The van der Waals surface area contributed by atoms with Gasteiger partial charge in [0.1, 0.15) is 0 Å². The van der Waals surface area contributed by atoms with Crippen LogP contribution < -0.4 is 0 Å². The molecule has 7 heteroatoms. The van der Waals surface area contributed by atoms with E-state index in [1.165, 1.54) is 10.6 Å². The summed E-state index contributed by atoms with van der Waals surface area (Å²) in [6, 6.07) is 7.74. The van der Waals surface area contributed by atoms with Crippen LogP contribution in [0.2, 0.25) is 0 Å². The van der Waals surface area contributed by atoms with Gasteiger partial charge >= 0.3 is 0 Å². The van der Waals surface area contributed by atoms with E-state index in [2.05, 4.69) is 0 Å². The van der Waals surface area contributed by atoms with Crippen LogP contribution in [0.3, 0.4) is 0 Å². The zero-order valence-corrected chi connectivity index (χ0v) is 16.2. The van der Waals surface area contributed by atoms with Crippen LogP contribution in [0.25, 0.3) is 6.08 Å².